The Kier molecular flexibility index (Phi) is 5.68. The van der Waals surface area contributed by atoms with Crippen LogP contribution in [0.5, 0.6) is 0 Å². The highest BCUT2D eigenvalue weighted by Gasteiger charge is 2.19. The van der Waals surface area contributed by atoms with Crippen molar-refractivity contribution in [3.63, 3.8) is 0 Å². The summed E-state index contributed by atoms with van der Waals surface area (Å²) in [5.74, 6) is 0.600. The number of thioether (sulfide) groups is 1. The van der Waals surface area contributed by atoms with Crippen LogP contribution in [0.2, 0.25) is 0 Å². The van der Waals surface area contributed by atoms with Crippen LogP contribution in [0.4, 0.5) is 0 Å². The number of aryl methyl sites for hydroxylation is 2. The van der Waals surface area contributed by atoms with Gasteiger partial charge in [-0.15, -0.1) is 0 Å². The fraction of sp³-hybridized carbons (Fsp3) is 0.667. The molecule has 2 unspecified atom stereocenters. The van der Waals surface area contributed by atoms with Crippen LogP contribution < -0.4 is 5.32 Å². The standard InChI is InChI=1S/C12H20N2O3S/c1-7-10(9(3)17-14-7)5-12(16)13-8(2)11(6-15)18-4/h8,11,15H,5-6H2,1-4H3,(H,13,16). The summed E-state index contributed by atoms with van der Waals surface area (Å²) in [6, 6.07) is -0.0713. The highest BCUT2D eigenvalue weighted by molar-refractivity contribution is 7.99. The van der Waals surface area contributed by atoms with E-state index >= 15 is 0 Å². The molecule has 0 aromatic carbocycles. The van der Waals surface area contributed by atoms with Crippen LogP contribution in [0.15, 0.2) is 4.52 Å². The highest BCUT2D eigenvalue weighted by Crippen LogP contribution is 2.14. The average molecular weight is 272 g/mol. The van der Waals surface area contributed by atoms with Crippen LogP contribution >= 0.6 is 11.8 Å². The van der Waals surface area contributed by atoms with Crippen LogP contribution in [0, 0.1) is 13.8 Å². The topological polar surface area (TPSA) is 75.4 Å². The van der Waals surface area contributed by atoms with E-state index in [9.17, 15) is 4.79 Å². The van der Waals surface area contributed by atoms with E-state index in [4.69, 9.17) is 9.63 Å². The van der Waals surface area contributed by atoms with E-state index in [1.54, 1.807) is 6.92 Å². The van der Waals surface area contributed by atoms with E-state index < -0.39 is 0 Å². The molecular formula is C12H20N2O3S. The Labute approximate surface area is 111 Å². The summed E-state index contributed by atoms with van der Waals surface area (Å²) >= 11 is 1.54. The monoisotopic (exact) mass is 272 g/mol. The Balaban J connectivity index is 2.57. The number of nitrogens with zero attached hydrogens (tertiary/aromatic N) is 1. The van der Waals surface area contributed by atoms with Gasteiger partial charge < -0.3 is 14.9 Å². The number of carbonyl (C=O) groups is 1. The smallest absolute Gasteiger partial charge is 0.224 e. The van der Waals surface area contributed by atoms with Gasteiger partial charge >= 0.3 is 0 Å². The number of aliphatic hydroxyl groups is 1. The molecule has 2 N–H and O–H groups in total. The molecule has 0 spiro atoms. The van der Waals surface area contributed by atoms with Gasteiger partial charge in [-0.3, -0.25) is 4.79 Å². The van der Waals surface area contributed by atoms with Gasteiger partial charge in [-0.25, -0.2) is 0 Å². The van der Waals surface area contributed by atoms with E-state index in [1.165, 1.54) is 11.8 Å². The molecule has 1 rings (SSSR count). The number of hydrogen-bond donors (Lipinski definition) is 2. The lowest BCUT2D eigenvalue weighted by atomic mass is 10.1. The van der Waals surface area contributed by atoms with Gasteiger partial charge in [-0.1, -0.05) is 5.16 Å². The predicted molar refractivity (Wildman–Crippen MR) is 71.7 cm³/mol. The molecule has 5 nitrogen and oxygen atoms in total. The quantitative estimate of drug-likeness (QED) is 0.810. The molecule has 2 atom stereocenters. The van der Waals surface area contributed by atoms with Gasteiger partial charge in [-0.05, 0) is 27.0 Å². The Morgan fingerprint density at radius 2 is 2.22 bits per heavy atom. The fourth-order valence-electron chi connectivity index (χ4n) is 1.75. The molecule has 18 heavy (non-hydrogen) atoms. The maximum atomic E-state index is 11.9. The molecule has 0 aliphatic heterocycles. The van der Waals surface area contributed by atoms with Gasteiger partial charge in [0.15, 0.2) is 0 Å². The zero-order valence-electron chi connectivity index (χ0n) is 11.2. The van der Waals surface area contributed by atoms with Crippen molar-refractivity contribution in [2.75, 3.05) is 12.9 Å². The minimum Gasteiger partial charge on any atom is -0.395 e. The molecule has 0 saturated heterocycles. The van der Waals surface area contributed by atoms with Gasteiger partial charge in [0, 0.05) is 16.9 Å². The van der Waals surface area contributed by atoms with Crippen LogP contribution in [0.1, 0.15) is 23.9 Å². The molecule has 6 heteroatoms. The van der Waals surface area contributed by atoms with Crippen LogP contribution in [0.3, 0.4) is 0 Å². The van der Waals surface area contributed by atoms with Crippen molar-refractivity contribution in [2.45, 2.75) is 38.5 Å². The first-order valence-corrected chi connectivity index (χ1v) is 7.13. The first kappa shape index (κ1) is 15.0. The molecule has 1 aromatic heterocycles. The zero-order chi connectivity index (χ0) is 13.7. The highest BCUT2D eigenvalue weighted by atomic mass is 32.2. The number of amides is 1. The lowest BCUT2D eigenvalue weighted by Gasteiger charge is -2.21. The van der Waals surface area contributed by atoms with Gasteiger partial charge in [0.2, 0.25) is 5.91 Å². The Bertz CT molecular complexity index is 383. The largest absolute Gasteiger partial charge is 0.395 e. The third kappa shape index (κ3) is 3.74. The van der Waals surface area contributed by atoms with E-state index in [-0.39, 0.29) is 30.2 Å². The van der Waals surface area contributed by atoms with Crippen molar-refractivity contribution in [1.29, 1.82) is 0 Å². The lowest BCUT2D eigenvalue weighted by molar-refractivity contribution is -0.121. The zero-order valence-corrected chi connectivity index (χ0v) is 12.0. The Hall–Kier alpha value is -1.01. The molecule has 1 amide bonds. The first-order valence-electron chi connectivity index (χ1n) is 5.84. The van der Waals surface area contributed by atoms with Gasteiger partial charge in [0.1, 0.15) is 5.76 Å². The van der Waals surface area contributed by atoms with Crippen molar-refractivity contribution in [2.24, 2.45) is 0 Å². The number of rotatable bonds is 6. The number of aromatic nitrogens is 1. The average Bonchev–Trinajstić information content (AvgIpc) is 2.62. The molecule has 0 aliphatic carbocycles. The van der Waals surface area contributed by atoms with E-state index in [0.29, 0.717) is 5.76 Å². The minimum atomic E-state index is -0.0793. The van der Waals surface area contributed by atoms with E-state index in [1.807, 2.05) is 20.1 Å². The van der Waals surface area contributed by atoms with Crippen molar-refractivity contribution >= 4 is 17.7 Å². The first-order chi connectivity index (χ1) is 8.49. The molecule has 0 aliphatic rings. The SMILES string of the molecule is CSC(CO)C(C)NC(=O)Cc1c(C)noc1C. The number of hydrogen-bond acceptors (Lipinski definition) is 5. The van der Waals surface area contributed by atoms with Crippen molar-refractivity contribution in [3.05, 3.63) is 17.0 Å². The molecule has 1 heterocycles. The summed E-state index contributed by atoms with van der Waals surface area (Å²) in [5, 5.41) is 15.9. The number of aliphatic hydroxyl groups excluding tert-OH is 1. The number of carbonyl (C=O) groups excluding carboxylic acids is 1. The summed E-state index contributed by atoms with van der Waals surface area (Å²) in [5.41, 5.74) is 1.59. The Morgan fingerprint density at radius 3 is 2.67 bits per heavy atom. The second-order valence-electron chi connectivity index (χ2n) is 4.29. The van der Waals surface area contributed by atoms with Gasteiger partial charge in [-0.2, -0.15) is 11.8 Å². The van der Waals surface area contributed by atoms with Crippen molar-refractivity contribution < 1.29 is 14.4 Å². The molecule has 0 bridgehead atoms. The summed E-state index contributed by atoms with van der Waals surface area (Å²) in [7, 11) is 0. The third-order valence-corrected chi connectivity index (χ3v) is 4.11. The second-order valence-corrected chi connectivity index (χ2v) is 5.37. The molecular weight excluding hydrogens is 252 g/mol. The summed E-state index contributed by atoms with van der Waals surface area (Å²) in [6.45, 7) is 5.56. The fourth-order valence-corrected chi connectivity index (χ4v) is 2.37. The van der Waals surface area contributed by atoms with Crippen LogP contribution in [-0.2, 0) is 11.2 Å². The predicted octanol–water partition coefficient (Wildman–Crippen LogP) is 1.06. The number of nitrogens with one attached hydrogen (secondary N) is 1. The normalized spacial score (nSPS) is 14.3. The second kappa shape index (κ2) is 6.80. The van der Waals surface area contributed by atoms with E-state index in [0.717, 1.165) is 11.3 Å². The van der Waals surface area contributed by atoms with Gasteiger partial charge in [0.05, 0.1) is 18.7 Å². The molecule has 102 valence electrons. The van der Waals surface area contributed by atoms with E-state index in [2.05, 4.69) is 10.5 Å². The summed E-state index contributed by atoms with van der Waals surface area (Å²) < 4.78 is 5.02. The molecule has 0 saturated carbocycles. The maximum Gasteiger partial charge on any atom is 0.224 e. The summed E-state index contributed by atoms with van der Waals surface area (Å²) in [4.78, 5) is 11.9. The molecule has 0 fully saturated rings. The minimum absolute atomic E-state index is 0.0126. The van der Waals surface area contributed by atoms with Crippen molar-refractivity contribution in [1.82, 2.24) is 10.5 Å². The third-order valence-electron chi connectivity index (χ3n) is 2.95. The molecule has 0 radical (unpaired) electrons. The summed E-state index contributed by atoms with van der Waals surface area (Å²) in [6.07, 6.45) is 2.18. The van der Waals surface area contributed by atoms with Crippen molar-refractivity contribution in [3.8, 4) is 0 Å². The van der Waals surface area contributed by atoms with Gasteiger partial charge in [0.25, 0.3) is 0 Å². The van der Waals surface area contributed by atoms with Crippen LogP contribution in [0.25, 0.3) is 0 Å². The maximum absolute atomic E-state index is 11.9. The Morgan fingerprint density at radius 1 is 1.56 bits per heavy atom. The lowest BCUT2D eigenvalue weighted by Crippen LogP contribution is -2.42. The molecule has 1 aromatic rings. The van der Waals surface area contributed by atoms with Crippen LogP contribution in [-0.4, -0.2) is 40.3 Å².